The molecule has 2 fully saturated rings. The van der Waals surface area contributed by atoms with Gasteiger partial charge < -0.3 is 19.3 Å². The maximum absolute atomic E-state index is 14.4. The molecule has 1 atom stereocenters. The molecule has 1 aromatic carbocycles. The number of hydrogen-bond donors (Lipinski definition) is 0. The number of fused-ring (bicyclic) bond motifs is 1. The predicted octanol–water partition coefficient (Wildman–Crippen LogP) is 5.37. The minimum atomic E-state index is -3.86. The molecule has 10 heteroatoms. The van der Waals surface area contributed by atoms with Gasteiger partial charge in [0, 0.05) is 44.3 Å². The molecular formula is C28H42FN3O5S. The molecular weight excluding hydrogens is 509 g/mol. The van der Waals surface area contributed by atoms with E-state index in [0.29, 0.717) is 17.9 Å². The van der Waals surface area contributed by atoms with Crippen molar-refractivity contribution in [1.82, 2.24) is 4.31 Å². The second-order valence-electron chi connectivity index (χ2n) is 10.9. The van der Waals surface area contributed by atoms with E-state index in [1.165, 1.54) is 10.4 Å². The van der Waals surface area contributed by atoms with Gasteiger partial charge in [-0.05, 0) is 64.9 Å². The van der Waals surface area contributed by atoms with Crippen molar-refractivity contribution in [3.63, 3.8) is 0 Å². The lowest BCUT2D eigenvalue weighted by Gasteiger charge is -2.50. The number of piperidine rings is 1. The number of ether oxygens (including phenoxy) is 2. The van der Waals surface area contributed by atoms with Gasteiger partial charge in [-0.1, -0.05) is 19.8 Å². The summed E-state index contributed by atoms with van der Waals surface area (Å²) in [5, 5.41) is 0. The summed E-state index contributed by atoms with van der Waals surface area (Å²) < 4.78 is 54.4. The Morgan fingerprint density at radius 2 is 1.84 bits per heavy atom. The summed E-state index contributed by atoms with van der Waals surface area (Å²) in [6, 6.07) is 3.29. The molecule has 0 unspecified atom stereocenters. The highest BCUT2D eigenvalue weighted by Gasteiger charge is 2.45. The van der Waals surface area contributed by atoms with Crippen LogP contribution >= 0.6 is 0 Å². The minimum absolute atomic E-state index is 0.0380. The van der Waals surface area contributed by atoms with Gasteiger partial charge in [0.05, 0.1) is 18.0 Å². The van der Waals surface area contributed by atoms with Crippen molar-refractivity contribution in [3.8, 4) is 5.75 Å². The monoisotopic (exact) mass is 551 g/mol. The second kappa shape index (κ2) is 11.8. The molecule has 212 valence electrons. The van der Waals surface area contributed by atoms with Crippen LogP contribution in [0.3, 0.4) is 0 Å². The lowest BCUT2D eigenvalue weighted by atomic mass is 9.76. The zero-order chi connectivity index (χ0) is 27.5. The topological polar surface area (TPSA) is 79.4 Å². The molecule has 1 saturated heterocycles. The number of halogens is 1. The average Bonchev–Trinajstić information content (AvgIpc) is 2.97. The van der Waals surface area contributed by atoms with Gasteiger partial charge in [0.2, 0.25) is 15.9 Å². The Balaban J connectivity index is 1.86. The van der Waals surface area contributed by atoms with Crippen molar-refractivity contribution in [2.45, 2.75) is 95.0 Å². The van der Waals surface area contributed by atoms with E-state index in [1.54, 1.807) is 14.0 Å². The quantitative estimate of drug-likeness (QED) is 0.232. The van der Waals surface area contributed by atoms with E-state index in [0.717, 1.165) is 77.1 Å². The smallest absolute Gasteiger partial charge is 0.370 e. The summed E-state index contributed by atoms with van der Waals surface area (Å²) in [4.78, 5) is 16.5. The van der Waals surface area contributed by atoms with Crippen molar-refractivity contribution in [1.29, 1.82) is 0 Å². The largest absolute Gasteiger partial charge is 0.461 e. The van der Waals surface area contributed by atoms with E-state index in [-0.39, 0.29) is 28.8 Å². The van der Waals surface area contributed by atoms with Crippen LogP contribution in [0.25, 0.3) is 0 Å². The number of hydrogen-bond acceptors (Lipinski definition) is 7. The fourth-order valence-corrected chi connectivity index (χ4v) is 7.32. The molecule has 1 aliphatic carbocycles. The van der Waals surface area contributed by atoms with Gasteiger partial charge >= 0.3 is 5.97 Å². The summed E-state index contributed by atoms with van der Waals surface area (Å²) >= 11 is 0. The summed E-state index contributed by atoms with van der Waals surface area (Å²) in [5.41, 5.74) is 1.27. The standard InChI is InChI=1S/C28H42FN3O5S/c1-5-7-12-21-19-32(28(3)13-11-14-28)24-17-23(31-15-9-8-10-16-31)25(18-26(24)38(34,35)30(21)4)37-20-22(29)27(33)36-6-2/h17-18,20-21H,5-16,19H2,1-4H3/b22-20-/t21-/m1/s1. The summed E-state index contributed by atoms with van der Waals surface area (Å²) in [7, 11) is -2.20. The number of anilines is 2. The number of sulfonamides is 1. The second-order valence-corrected chi connectivity index (χ2v) is 12.9. The highest BCUT2D eigenvalue weighted by molar-refractivity contribution is 7.89. The summed E-state index contributed by atoms with van der Waals surface area (Å²) in [5.74, 6) is -2.07. The molecule has 4 rings (SSSR count). The van der Waals surface area contributed by atoms with Crippen molar-refractivity contribution >= 4 is 27.4 Å². The van der Waals surface area contributed by atoms with E-state index in [4.69, 9.17) is 9.47 Å². The molecule has 0 amide bonds. The number of benzene rings is 1. The molecule has 3 aliphatic rings. The molecule has 2 aliphatic heterocycles. The predicted molar refractivity (Wildman–Crippen MR) is 147 cm³/mol. The molecule has 0 radical (unpaired) electrons. The Kier molecular flexibility index (Phi) is 8.92. The Morgan fingerprint density at radius 1 is 1.13 bits per heavy atom. The van der Waals surface area contributed by atoms with Gasteiger partial charge in [-0.3, -0.25) is 0 Å². The maximum atomic E-state index is 14.4. The van der Waals surface area contributed by atoms with Crippen LogP contribution in [-0.4, -0.2) is 63.6 Å². The number of carbonyl (C=O) groups is 1. The molecule has 0 aromatic heterocycles. The first-order valence-electron chi connectivity index (χ1n) is 14.0. The third-order valence-electron chi connectivity index (χ3n) is 8.33. The Hall–Kier alpha value is -2.33. The number of likely N-dealkylation sites (N-methyl/N-ethyl adjacent to an activating group) is 1. The minimum Gasteiger partial charge on any atom is -0.461 e. The van der Waals surface area contributed by atoms with Crippen LogP contribution in [0, 0.1) is 0 Å². The number of rotatable bonds is 9. The number of nitrogens with zero attached hydrogens (tertiary/aromatic N) is 3. The highest BCUT2D eigenvalue weighted by atomic mass is 32.2. The highest BCUT2D eigenvalue weighted by Crippen LogP contribution is 2.48. The van der Waals surface area contributed by atoms with Crippen LogP contribution in [0.2, 0.25) is 0 Å². The van der Waals surface area contributed by atoms with E-state index >= 15 is 0 Å². The molecule has 1 saturated carbocycles. The molecule has 8 nitrogen and oxygen atoms in total. The normalized spacial score (nSPS) is 23.3. The number of carbonyl (C=O) groups excluding carboxylic acids is 1. The van der Waals surface area contributed by atoms with Crippen LogP contribution < -0.4 is 14.5 Å². The first-order chi connectivity index (χ1) is 18.1. The Bertz CT molecular complexity index is 1150. The molecule has 0 bridgehead atoms. The Morgan fingerprint density at radius 3 is 2.45 bits per heavy atom. The third-order valence-corrected chi connectivity index (χ3v) is 10.3. The zero-order valence-electron chi connectivity index (χ0n) is 23.2. The van der Waals surface area contributed by atoms with Crippen LogP contribution in [0.1, 0.15) is 78.6 Å². The van der Waals surface area contributed by atoms with Crippen LogP contribution in [-0.2, 0) is 19.6 Å². The summed E-state index contributed by atoms with van der Waals surface area (Å²) in [6.07, 6.45) is 9.68. The van der Waals surface area contributed by atoms with Crippen LogP contribution in [0.5, 0.6) is 5.75 Å². The summed E-state index contributed by atoms with van der Waals surface area (Å²) in [6.45, 7) is 8.17. The first-order valence-corrected chi connectivity index (χ1v) is 15.4. The van der Waals surface area contributed by atoms with E-state index in [2.05, 4.69) is 23.6 Å². The van der Waals surface area contributed by atoms with Gasteiger partial charge in [0.15, 0.2) is 5.75 Å². The molecule has 0 N–H and O–H groups in total. The van der Waals surface area contributed by atoms with Crippen molar-refractivity contribution in [3.05, 3.63) is 24.2 Å². The molecule has 1 aromatic rings. The van der Waals surface area contributed by atoms with E-state index in [9.17, 15) is 17.6 Å². The van der Waals surface area contributed by atoms with E-state index < -0.39 is 21.8 Å². The lowest BCUT2D eigenvalue weighted by Crippen LogP contribution is -2.55. The first kappa shape index (κ1) is 28.7. The Labute approximate surface area is 226 Å². The van der Waals surface area contributed by atoms with Crippen LogP contribution in [0.15, 0.2) is 29.1 Å². The SMILES string of the molecule is CCCC[C@@H]1CN(C2(C)CCC2)c2cc(N3CCCCC3)c(O/C=C(\F)C(=O)OCC)cc2S(=O)(=O)N1C. The van der Waals surface area contributed by atoms with Gasteiger partial charge in [-0.25, -0.2) is 13.2 Å². The van der Waals surface area contributed by atoms with Crippen molar-refractivity contribution < 1.29 is 27.1 Å². The molecule has 38 heavy (non-hydrogen) atoms. The fourth-order valence-electron chi connectivity index (χ4n) is 5.75. The van der Waals surface area contributed by atoms with Gasteiger partial charge in [0.1, 0.15) is 11.2 Å². The van der Waals surface area contributed by atoms with Gasteiger partial charge in [-0.2, -0.15) is 8.70 Å². The average molecular weight is 552 g/mol. The van der Waals surface area contributed by atoms with Crippen molar-refractivity contribution in [2.75, 3.05) is 43.1 Å². The van der Waals surface area contributed by atoms with Crippen LogP contribution in [0.4, 0.5) is 15.8 Å². The van der Waals surface area contributed by atoms with Gasteiger partial charge in [0.25, 0.3) is 0 Å². The lowest BCUT2D eigenvalue weighted by molar-refractivity contribution is -0.140. The van der Waals surface area contributed by atoms with Crippen molar-refractivity contribution in [2.24, 2.45) is 0 Å². The zero-order valence-corrected chi connectivity index (χ0v) is 24.0. The third kappa shape index (κ3) is 5.66. The molecule has 2 heterocycles. The maximum Gasteiger partial charge on any atom is 0.370 e. The number of esters is 1. The van der Waals surface area contributed by atoms with Gasteiger partial charge in [-0.15, -0.1) is 0 Å². The molecule has 0 spiro atoms. The number of unbranched alkanes of at least 4 members (excludes halogenated alkanes) is 1. The van der Waals surface area contributed by atoms with E-state index in [1.807, 2.05) is 6.07 Å². The fraction of sp³-hybridized carbons (Fsp3) is 0.679.